The summed E-state index contributed by atoms with van der Waals surface area (Å²) in [6.07, 6.45) is -4.23. The predicted octanol–water partition coefficient (Wildman–Crippen LogP) is 3.66. The number of halogens is 4. The van der Waals surface area contributed by atoms with E-state index in [1.54, 1.807) is 6.92 Å². The topological polar surface area (TPSA) is 46.0 Å². The second-order valence-electron chi connectivity index (χ2n) is 4.60. The predicted molar refractivity (Wildman–Crippen MR) is 67.8 cm³/mol. The van der Waals surface area contributed by atoms with Gasteiger partial charge in [0.15, 0.2) is 5.82 Å². The fourth-order valence-electron chi connectivity index (χ4n) is 1.96. The summed E-state index contributed by atoms with van der Waals surface area (Å²) >= 11 is 0. The molecule has 1 heterocycles. The van der Waals surface area contributed by atoms with Crippen LogP contribution < -0.4 is 0 Å². The highest BCUT2D eigenvalue weighted by Crippen LogP contribution is 2.36. The normalized spacial score (nSPS) is 13.3. The van der Waals surface area contributed by atoms with E-state index in [0.29, 0.717) is 17.3 Å². The minimum absolute atomic E-state index is 0.233. The standard InChI is InChI=1S/C14H12F4N2O/c1-7-11(8(2)21)6-19-13(20-7)10-5-9(15)3-4-12(10)14(16,17)18/h3-6,8,21H,1-2H3/t8-/m0/s1. The summed E-state index contributed by atoms with van der Waals surface area (Å²) in [7, 11) is 0. The molecule has 2 rings (SSSR count). The van der Waals surface area contributed by atoms with Crippen molar-refractivity contribution in [3.05, 3.63) is 47.0 Å². The SMILES string of the molecule is Cc1nc(-c2cc(F)ccc2C(F)(F)F)ncc1[C@H](C)O. The van der Waals surface area contributed by atoms with Crippen LogP contribution in [0.15, 0.2) is 24.4 Å². The Morgan fingerprint density at radius 1 is 1.24 bits per heavy atom. The molecule has 0 aliphatic rings. The fourth-order valence-corrected chi connectivity index (χ4v) is 1.96. The molecule has 7 heteroatoms. The lowest BCUT2D eigenvalue weighted by Crippen LogP contribution is -2.09. The van der Waals surface area contributed by atoms with Gasteiger partial charge in [-0.3, -0.25) is 0 Å². The molecule has 1 atom stereocenters. The molecule has 0 fully saturated rings. The van der Waals surface area contributed by atoms with Crippen LogP contribution in [0.3, 0.4) is 0 Å². The van der Waals surface area contributed by atoms with Crippen molar-refractivity contribution >= 4 is 0 Å². The first-order valence-electron chi connectivity index (χ1n) is 6.09. The van der Waals surface area contributed by atoms with Crippen molar-refractivity contribution < 1.29 is 22.7 Å². The largest absolute Gasteiger partial charge is 0.417 e. The number of aromatic nitrogens is 2. The van der Waals surface area contributed by atoms with Crippen LogP contribution in [0, 0.1) is 12.7 Å². The van der Waals surface area contributed by atoms with Gasteiger partial charge in [-0.05, 0) is 32.0 Å². The highest BCUT2D eigenvalue weighted by atomic mass is 19.4. The van der Waals surface area contributed by atoms with Gasteiger partial charge < -0.3 is 5.11 Å². The monoisotopic (exact) mass is 300 g/mol. The quantitative estimate of drug-likeness (QED) is 0.861. The van der Waals surface area contributed by atoms with Crippen LogP contribution in [-0.4, -0.2) is 15.1 Å². The van der Waals surface area contributed by atoms with Gasteiger partial charge in [0.25, 0.3) is 0 Å². The van der Waals surface area contributed by atoms with Gasteiger partial charge in [0.2, 0.25) is 0 Å². The van der Waals surface area contributed by atoms with Crippen molar-refractivity contribution in [2.45, 2.75) is 26.1 Å². The molecular formula is C14H12F4N2O. The van der Waals surface area contributed by atoms with E-state index in [4.69, 9.17) is 0 Å². The molecule has 1 N–H and O–H groups in total. The number of aryl methyl sites for hydroxylation is 1. The molecule has 1 aromatic carbocycles. The Kier molecular flexibility index (Phi) is 3.95. The summed E-state index contributed by atoms with van der Waals surface area (Å²) in [4.78, 5) is 7.75. The molecule has 0 saturated heterocycles. The van der Waals surface area contributed by atoms with Gasteiger partial charge in [-0.25, -0.2) is 14.4 Å². The summed E-state index contributed by atoms with van der Waals surface area (Å²) in [5.41, 5.74) is -0.688. The number of aliphatic hydroxyl groups excluding tert-OH is 1. The average molecular weight is 300 g/mol. The molecule has 112 valence electrons. The molecule has 2 aromatic rings. The molecule has 3 nitrogen and oxygen atoms in total. The third kappa shape index (κ3) is 3.18. The Bertz CT molecular complexity index is 669. The Labute approximate surface area is 118 Å². The average Bonchev–Trinajstić information content (AvgIpc) is 2.36. The molecule has 0 spiro atoms. The summed E-state index contributed by atoms with van der Waals surface area (Å²) in [5, 5.41) is 9.47. The minimum atomic E-state index is -4.64. The van der Waals surface area contributed by atoms with E-state index in [9.17, 15) is 22.7 Å². The van der Waals surface area contributed by atoms with Crippen LogP contribution in [0.2, 0.25) is 0 Å². The Morgan fingerprint density at radius 3 is 2.43 bits per heavy atom. The number of nitrogens with zero attached hydrogens (tertiary/aromatic N) is 2. The fraction of sp³-hybridized carbons (Fsp3) is 0.286. The lowest BCUT2D eigenvalue weighted by Gasteiger charge is -2.14. The molecule has 0 aliphatic carbocycles. The molecule has 0 bridgehead atoms. The van der Waals surface area contributed by atoms with Gasteiger partial charge in [0.1, 0.15) is 5.82 Å². The van der Waals surface area contributed by atoms with Crippen molar-refractivity contribution in [3.8, 4) is 11.4 Å². The van der Waals surface area contributed by atoms with Gasteiger partial charge in [0, 0.05) is 23.0 Å². The van der Waals surface area contributed by atoms with Gasteiger partial charge in [-0.15, -0.1) is 0 Å². The van der Waals surface area contributed by atoms with Crippen molar-refractivity contribution in [2.24, 2.45) is 0 Å². The molecule has 21 heavy (non-hydrogen) atoms. The van der Waals surface area contributed by atoms with Gasteiger partial charge >= 0.3 is 6.18 Å². The van der Waals surface area contributed by atoms with Crippen LogP contribution in [0.4, 0.5) is 17.6 Å². The first-order chi connectivity index (χ1) is 9.70. The zero-order chi connectivity index (χ0) is 15.8. The number of benzene rings is 1. The van der Waals surface area contributed by atoms with Crippen LogP contribution >= 0.6 is 0 Å². The maximum atomic E-state index is 13.3. The number of alkyl halides is 3. The number of hydrogen-bond donors (Lipinski definition) is 1. The number of rotatable bonds is 2. The first kappa shape index (κ1) is 15.4. The molecule has 0 aliphatic heterocycles. The minimum Gasteiger partial charge on any atom is -0.389 e. The van der Waals surface area contributed by atoms with E-state index in [1.807, 2.05) is 0 Å². The van der Waals surface area contributed by atoms with Gasteiger partial charge in [-0.2, -0.15) is 13.2 Å². The molecule has 0 radical (unpaired) electrons. The van der Waals surface area contributed by atoms with Crippen molar-refractivity contribution in [2.75, 3.05) is 0 Å². The number of hydrogen-bond acceptors (Lipinski definition) is 3. The van der Waals surface area contributed by atoms with E-state index in [1.165, 1.54) is 13.1 Å². The highest BCUT2D eigenvalue weighted by Gasteiger charge is 2.34. The third-order valence-corrected chi connectivity index (χ3v) is 3.00. The molecule has 0 unspecified atom stereocenters. The van der Waals surface area contributed by atoms with Gasteiger partial charge in [0.05, 0.1) is 11.7 Å². The Balaban J connectivity index is 2.61. The van der Waals surface area contributed by atoms with Crippen molar-refractivity contribution in [3.63, 3.8) is 0 Å². The smallest absolute Gasteiger partial charge is 0.389 e. The van der Waals surface area contributed by atoms with Gasteiger partial charge in [-0.1, -0.05) is 0 Å². The van der Waals surface area contributed by atoms with Crippen molar-refractivity contribution in [1.29, 1.82) is 0 Å². The summed E-state index contributed by atoms with van der Waals surface area (Å²) in [5.74, 6) is -1.04. The highest BCUT2D eigenvalue weighted by molar-refractivity contribution is 5.61. The zero-order valence-electron chi connectivity index (χ0n) is 11.2. The molecular weight excluding hydrogens is 288 g/mol. The Morgan fingerprint density at radius 2 is 1.90 bits per heavy atom. The maximum Gasteiger partial charge on any atom is 0.417 e. The second kappa shape index (κ2) is 5.40. The van der Waals surface area contributed by atoms with Crippen molar-refractivity contribution in [1.82, 2.24) is 9.97 Å². The summed E-state index contributed by atoms with van der Waals surface area (Å²) < 4.78 is 52.1. The first-order valence-corrected chi connectivity index (χ1v) is 6.09. The molecule has 1 aromatic heterocycles. The zero-order valence-corrected chi connectivity index (χ0v) is 11.2. The Hall–Kier alpha value is -2.02. The van der Waals surface area contributed by atoms with Crippen LogP contribution in [0.1, 0.15) is 29.8 Å². The molecule has 0 saturated carbocycles. The van der Waals surface area contributed by atoms with Crippen LogP contribution in [0.25, 0.3) is 11.4 Å². The van der Waals surface area contributed by atoms with Crippen LogP contribution in [-0.2, 0) is 6.18 Å². The van der Waals surface area contributed by atoms with E-state index in [-0.39, 0.29) is 5.82 Å². The second-order valence-corrected chi connectivity index (χ2v) is 4.60. The number of aliphatic hydroxyl groups is 1. The van der Waals surface area contributed by atoms with E-state index < -0.39 is 29.2 Å². The lowest BCUT2D eigenvalue weighted by atomic mass is 10.1. The van der Waals surface area contributed by atoms with E-state index in [2.05, 4.69) is 9.97 Å². The lowest BCUT2D eigenvalue weighted by molar-refractivity contribution is -0.137. The maximum absolute atomic E-state index is 13.3. The summed E-state index contributed by atoms with van der Waals surface area (Å²) in [6.45, 7) is 3.04. The summed E-state index contributed by atoms with van der Waals surface area (Å²) in [6, 6.07) is 2.15. The molecule has 0 amide bonds. The van der Waals surface area contributed by atoms with Crippen LogP contribution in [0.5, 0.6) is 0 Å². The third-order valence-electron chi connectivity index (χ3n) is 3.00. The van der Waals surface area contributed by atoms with E-state index in [0.717, 1.165) is 12.1 Å². The van der Waals surface area contributed by atoms with E-state index >= 15 is 0 Å².